The fourth-order valence-corrected chi connectivity index (χ4v) is 2.82. The molecule has 0 saturated heterocycles. The van der Waals surface area contributed by atoms with Crippen LogP contribution in [0.15, 0.2) is 48.7 Å². The average Bonchev–Trinajstić information content (AvgIpc) is 2.68. The summed E-state index contributed by atoms with van der Waals surface area (Å²) in [6.45, 7) is 0. The number of halogens is 1. The Kier molecular flexibility index (Phi) is 5.98. The third-order valence-corrected chi connectivity index (χ3v) is 4.38. The van der Waals surface area contributed by atoms with Crippen molar-refractivity contribution in [1.82, 2.24) is 9.97 Å². The Morgan fingerprint density at radius 3 is 2.44 bits per heavy atom. The Morgan fingerprint density at radius 2 is 1.74 bits per heavy atom. The van der Waals surface area contributed by atoms with Crippen LogP contribution in [-0.2, 0) is 12.8 Å². The minimum absolute atomic E-state index is 0.216. The SMILES string of the molecule is COc1ccc(Nc2nc(N)ncc2CCc2ccc(Cl)cc2)cc1OC. The third kappa shape index (κ3) is 4.80. The molecule has 0 radical (unpaired) electrons. The number of nitrogens with two attached hydrogens (primary N) is 1. The van der Waals surface area contributed by atoms with Crippen molar-refractivity contribution in [2.45, 2.75) is 12.8 Å². The molecular weight excluding hydrogens is 364 g/mol. The van der Waals surface area contributed by atoms with Crippen LogP contribution in [0, 0.1) is 0 Å². The molecule has 0 aliphatic carbocycles. The highest BCUT2D eigenvalue weighted by atomic mass is 35.5. The van der Waals surface area contributed by atoms with E-state index in [0.717, 1.165) is 29.1 Å². The fraction of sp³-hybridized carbons (Fsp3) is 0.200. The Labute approximate surface area is 163 Å². The molecule has 7 heteroatoms. The van der Waals surface area contributed by atoms with Gasteiger partial charge in [0.25, 0.3) is 0 Å². The summed E-state index contributed by atoms with van der Waals surface area (Å²) in [4.78, 5) is 8.49. The molecule has 140 valence electrons. The molecule has 27 heavy (non-hydrogen) atoms. The van der Waals surface area contributed by atoms with Crippen LogP contribution in [0.1, 0.15) is 11.1 Å². The molecule has 0 aliphatic heterocycles. The molecule has 0 saturated carbocycles. The minimum Gasteiger partial charge on any atom is -0.493 e. The number of nitrogens with zero attached hydrogens (tertiary/aromatic N) is 2. The van der Waals surface area contributed by atoms with E-state index in [2.05, 4.69) is 15.3 Å². The summed E-state index contributed by atoms with van der Waals surface area (Å²) in [5.74, 6) is 2.18. The molecule has 3 aromatic rings. The van der Waals surface area contributed by atoms with Gasteiger partial charge < -0.3 is 20.5 Å². The molecule has 0 atom stereocenters. The molecule has 0 fully saturated rings. The van der Waals surface area contributed by atoms with E-state index in [9.17, 15) is 0 Å². The lowest BCUT2D eigenvalue weighted by molar-refractivity contribution is 0.355. The number of nitrogens with one attached hydrogen (secondary N) is 1. The van der Waals surface area contributed by atoms with Crippen LogP contribution in [0.3, 0.4) is 0 Å². The van der Waals surface area contributed by atoms with Gasteiger partial charge in [-0.25, -0.2) is 4.98 Å². The Morgan fingerprint density at radius 1 is 1.00 bits per heavy atom. The van der Waals surface area contributed by atoms with Crippen LogP contribution in [0.4, 0.5) is 17.5 Å². The summed E-state index contributed by atoms with van der Waals surface area (Å²) >= 11 is 5.95. The van der Waals surface area contributed by atoms with Gasteiger partial charge in [0.05, 0.1) is 14.2 Å². The number of ether oxygens (including phenoxy) is 2. The van der Waals surface area contributed by atoms with Crippen molar-refractivity contribution >= 4 is 29.1 Å². The van der Waals surface area contributed by atoms with E-state index < -0.39 is 0 Å². The predicted molar refractivity (Wildman–Crippen MR) is 108 cm³/mol. The van der Waals surface area contributed by atoms with Crippen LogP contribution >= 0.6 is 11.6 Å². The van der Waals surface area contributed by atoms with Crippen molar-refractivity contribution in [2.75, 3.05) is 25.3 Å². The maximum atomic E-state index is 5.95. The lowest BCUT2D eigenvalue weighted by Crippen LogP contribution is -2.05. The molecule has 3 rings (SSSR count). The van der Waals surface area contributed by atoms with Gasteiger partial charge in [0, 0.05) is 28.5 Å². The topological polar surface area (TPSA) is 82.3 Å². The second kappa shape index (κ2) is 8.60. The van der Waals surface area contributed by atoms with Crippen LogP contribution in [0.2, 0.25) is 5.02 Å². The number of aryl methyl sites for hydroxylation is 2. The Hall–Kier alpha value is -2.99. The predicted octanol–water partition coefficient (Wildman–Crippen LogP) is 4.26. The molecule has 0 bridgehead atoms. The van der Waals surface area contributed by atoms with Gasteiger partial charge in [-0.05, 0) is 42.7 Å². The van der Waals surface area contributed by atoms with Crippen LogP contribution < -0.4 is 20.5 Å². The normalized spacial score (nSPS) is 10.5. The molecule has 0 unspecified atom stereocenters. The third-order valence-electron chi connectivity index (χ3n) is 4.13. The highest BCUT2D eigenvalue weighted by molar-refractivity contribution is 6.30. The lowest BCUT2D eigenvalue weighted by atomic mass is 10.1. The van der Waals surface area contributed by atoms with E-state index in [1.165, 1.54) is 5.56 Å². The zero-order chi connectivity index (χ0) is 19.2. The van der Waals surface area contributed by atoms with Crippen LogP contribution in [-0.4, -0.2) is 24.2 Å². The van der Waals surface area contributed by atoms with E-state index in [1.807, 2.05) is 42.5 Å². The van der Waals surface area contributed by atoms with Gasteiger partial charge in [0.15, 0.2) is 11.5 Å². The van der Waals surface area contributed by atoms with Crippen molar-refractivity contribution in [1.29, 1.82) is 0 Å². The Balaban J connectivity index is 1.80. The van der Waals surface area contributed by atoms with E-state index in [0.29, 0.717) is 17.3 Å². The van der Waals surface area contributed by atoms with Crippen molar-refractivity contribution in [3.63, 3.8) is 0 Å². The molecule has 1 aromatic heterocycles. The molecule has 0 spiro atoms. The maximum absolute atomic E-state index is 5.95. The summed E-state index contributed by atoms with van der Waals surface area (Å²) in [6, 6.07) is 13.4. The van der Waals surface area contributed by atoms with Crippen molar-refractivity contribution in [3.8, 4) is 11.5 Å². The minimum atomic E-state index is 0.216. The summed E-state index contributed by atoms with van der Waals surface area (Å²) in [6.07, 6.45) is 3.35. The standard InChI is InChI=1S/C20H21ClN4O2/c1-26-17-10-9-16(11-18(17)27-2)24-19-14(12-23-20(22)25-19)6-3-13-4-7-15(21)8-5-13/h4-5,7-12H,3,6H2,1-2H3,(H3,22,23,24,25). The van der Waals surface area contributed by atoms with E-state index >= 15 is 0 Å². The second-order valence-corrected chi connectivity index (χ2v) is 6.36. The van der Waals surface area contributed by atoms with Crippen molar-refractivity contribution in [2.24, 2.45) is 0 Å². The zero-order valence-electron chi connectivity index (χ0n) is 15.2. The van der Waals surface area contributed by atoms with Gasteiger partial charge in [-0.15, -0.1) is 0 Å². The van der Waals surface area contributed by atoms with Crippen LogP contribution in [0.5, 0.6) is 11.5 Å². The molecule has 3 N–H and O–H groups in total. The monoisotopic (exact) mass is 384 g/mol. The Bertz CT molecular complexity index is 916. The van der Waals surface area contributed by atoms with Gasteiger partial charge >= 0.3 is 0 Å². The molecule has 0 aliphatic rings. The summed E-state index contributed by atoms with van der Waals surface area (Å²) in [5, 5.41) is 4.02. The van der Waals surface area contributed by atoms with Gasteiger partial charge in [-0.3, -0.25) is 0 Å². The molecular formula is C20H21ClN4O2. The highest BCUT2D eigenvalue weighted by Crippen LogP contribution is 2.31. The van der Waals surface area contributed by atoms with Crippen molar-refractivity contribution in [3.05, 3.63) is 64.8 Å². The summed E-state index contributed by atoms with van der Waals surface area (Å²) in [7, 11) is 3.20. The molecule has 2 aromatic carbocycles. The van der Waals surface area contributed by atoms with Gasteiger partial charge in [-0.1, -0.05) is 23.7 Å². The lowest BCUT2D eigenvalue weighted by Gasteiger charge is -2.13. The number of methoxy groups -OCH3 is 2. The number of benzene rings is 2. The van der Waals surface area contributed by atoms with Crippen LogP contribution in [0.25, 0.3) is 0 Å². The summed E-state index contributed by atoms with van der Waals surface area (Å²) < 4.78 is 10.6. The first-order chi connectivity index (χ1) is 13.1. The number of hydrogen-bond donors (Lipinski definition) is 2. The number of nitrogen functional groups attached to an aromatic ring is 1. The highest BCUT2D eigenvalue weighted by Gasteiger charge is 2.10. The number of aromatic nitrogens is 2. The summed E-state index contributed by atoms with van der Waals surface area (Å²) in [5.41, 5.74) is 8.76. The van der Waals surface area contributed by atoms with Gasteiger partial charge in [0.2, 0.25) is 5.95 Å². The number of rotatable bonds is 7. The number of hydrogen-bond acceptors (Lipinski definition) is 6. The maximum Gasteiger partial charge on any atom is 0.221 e. The van der Waals surface area contributed by atoms with Crippen molar-refractivity contribution < 1.29 is 9.47 Å². The van der Waals surface area contributed by atoms with Gasteiger partial charge in [-0.2, -0.15) is 4.98 Å². The molecule has 6 nitrogen and oxygen atoms in total. The molecule has 0 amide bonds. The van der Waals surface area contributed by atoms with E-state index in [4.69, 9.17) is 26.8 Å². The first kappa shape index (κ1) is 18.8. The van der Waals surface area contributed by atoms with Gasteiger partial charge in [0.1, 0.15) is 5.82 Å². The number of anilines is 3. The van der Waals surface area contributed by atoms with E-state index in [1.54, 1.807) is 20.4 Å². The second-order valence-electron chi connectivity index (χ2n) is 5.92. The fourth-order valence-electron chi connectivity index (χ4n) is 2.69. The molecule has 1 heterocycles. The largest absolute Gasteiger partial charge is 0.493 e. The quantitative estimate of drug-likeness (QED) is 0.633. The first-order valence-electron chi connectivity index (χ1n) is 8.44. The zero-order valence-corrected chi connectivity index (χ0v) is 16.0. The van der Waals surface area contributed by atoms with E-state index in [-0.39, 0.29) is 5.95 Å². The smallest absolute Gasteiger partial charge is 0.221 e. The first-order valence-corrected chi connectivity index (χ1v) is 8.81. The average molecular weight is 385 g/mol.